The summed E-state index contributed by atoms with van der Waals surface area (Å²) < 4.78 is 0. The van der Waals surface area contributed by atoms with Crippen molar-refractivity contribution in [2.24, 2.45) is 5.73 Å². The molecule has 0 saturated carbocycles. The van der Waals surface area contributed by atoms with Gasteiger partial charge in [-0.25, -0.2) is 4.79 Å². The number of nitrogens with two attached hydrogens (primary N) is 1. The van der Waals surface area contributed by atoms with Crippen molar-refractivity contribution in [1.29, 1.82) is 0 Å². The SMILES string of the molecule is CCNC(=O)N1CCc2ccc(NC(=O)CC(N)c3ccccc3)cc21. The number of rotatable bonds is 5. The molecule has 0 saturated heterocycles. The lowest BCUT2D eigenvalue weighted by atomic mass is 10.0. The number of urea groups is 1. The summed E-state index contributed by atoms with van der Waals surface area (Å²) in [6, 6.07) is 14.8. The standard InChI is InChI=1S/C20H24N4O2/c1-2-22-20(26)24-11-10-15-8-9-16(12-18(15)24)23-19(25)13-17(21)14-6-4-3-5-7-14/h3-9,12,17H,2,10-11,13,21H2,1H3,(H,22,26)(H,23,25). The molecule has 26 heavy (non-hydrogen) atoms. The van der Waals surface area contributed by atoms with E-state index in [0.717, 1.165) is 23.2 Å². The molecule has 1 atom stereocenters. The van der Waals surface area contributed by atoms with Gasteiger partial charge in [0.25, 0.3) is 0 Å². The van der Waals surface area contributed by atoms with E-state index in [1.165, 1.54) is 0 Å². The zero-order valence-corrected chi connectivity index (χ0v) is 14.9. The fourth-order valence-corrected chi connectivity index (χ4v) is 3.14. The summed E-state index contributed by atoms with van der Waals surface area (Å²) in [5.74, 6) is -0.149. The van der Waals surface area contributed by atoms with Gasteiger partial charge in [-0.1, -0.05) is 36.4 Å². The molecule has 3 amide bonds. The van der Waals surface area contributed by atoms with E-state index >= 15 is 0 Å². The number of hydrogen-bond acceptors (Lipinski definition) is 3. The van der Waals surface area contributed by atoms with E-state index in [-0.39, 0.29) is 24.4 Å². The van der Waals surface area contributed by atoms with Crippen molar-refractivity contribution in [3.05, 3.63) is 59.7 Å². The molecule has 0 fully saturated rings. The van der Waals surface area contributed by atoms with Crippen LogP contribution in [0.15, 0.2) is 48.5 Å². The average molecular weight is 352 g/mol. The Kier molecular flexibility index (Phi) is 5.53. The van der Waals surface area contributed by atoms with Crippen molar-refractivity contribution in [2.45, 2.75) is 25.8 Å². The van der Waals surface area contributed by atoms with Crippen LogP contribution >= 0.6 is 0 Å². The number of nitrogens with one attached hydrogen (secondary N) is 2. The molecule has 0 spiro atoms. The number of amides is 3. The maximum atomic E-state index is 12.3. The van der Waals surface area contributed by atoms with E-state index in [1.807, 2.05) is 55.5 Å². The van der Waals surface area contributed by atoms with Crippen molar-refractivity contribution in [3.63, 3.8) is 0 Å². The number of carbonyl (C=O) groups is 2. The Morgan fingerprint density at radius 3 is 2.69 bits per heavy atom. The summed E-state index contributed by atoms with van der Waals surface area (Å²) in [5, 5.41) is 5.70. The molecule has 4 N–H and O–H groups in total. The van der Waals surface area contributed by atoms with Gasteiger partial charge in [0.15, 0.2) is 0 Å². The fraction of sp³-hybridized carbons (Fsp3) is 0.300. The van der Waals surface area contributed by atoms with Crippen LogP contribution in [0.4, 0.5) is 16.2 Å². The first-order chi connectivity index (χ1) is 12.6. The molecule has 1 heterocycles. The molecule has 6 heteroatoms. The number of fused-ring (bicyclic) bond motifs is 1. The fourth-order valence-electron chi connectivity index (χ4n) is 3.14. The van der Waals surface area contributed by atoms with Gasteiger partial charge in [-0.05, 0) is 36.6 Å². The lowest BCUT2D eigenvalue weighted by Crippen LogP contribution is -2.38. The Morgan fingerprint density at radius 2 is 1.96 bits per heavy atom. The topological polar surface area (TPSA) is 87.5 Å². The lowest BCUT2D eigenvalue weighted by Gasteiger charge is -2.18. The highest BCUT2D eigenvalue weighted by Gasteiger charge is 2.24. The molecular formula is C20H24N4O2. The molecule has 136 valence electrons. The van der Waals surface area contributed by atoms with Gasteiger partial charge >= 0.3 is 6.03 Å². The predicted octanol–water partition coefficient (Wildman–Crippen LogP) is 2.81. The van der Waals surface area contributed by atoms with Crippen LogP contribution in [-0.4, -0.2) is 25.0 Å². The van der Waals surface area contributed by atoms with Crippen LogP contribution in [0.2, 0.25) is 0 Å². The van der Waals surface area contributed by atoms with Crippen molar-refractivity contribution in [2.75, 3.05) is 23.3 Å². The van der Waals surface area contributed by atoms with E-state index < -0.39 is 0 Å². The van der Waals surface area contributed by atoms with Gasteiger partial charge in [0.1, 0.15) is 0 Å². The normalized spacial score (nSPS) is 13.8. The first-order valence-corrected chi connectivity index (χ1v) is 8.87. The third-order valence-corrected chi connectivity index (χ3v) is 4.47. The third-order valence-electron chi connectivity index (χ3n) is 4.47. The van der Waals surface area contributed by atoms with Crippen molar-refractivity contribution in [3.8, 4) is 0 Å². The summed E-state index contributed by atoms with van der Waals surface area (Å²) in [6.07, 6.45) is 1.01. The zero-order valence-electron chi connectivity index (χ0n) is 14.9. The first-order valence-electron chi connectivity index (χ1n) is 8.87. The maximum absolute atomic E-state index is 12.3. The molecule has 0 aromatic heterocycles. The molecule has 6 nitrogen and oxygen atoms in total. The minimum absolute atomic E-state index is 0.110. The minimum Gasteiger partial charge on any atom is -0.338 e. The lowest BCUT2D eigenvalue weighted by molar-refractivity contribution is -0.116. The second kappa shape index (κ2) is 8.01. The molecule has 0 radical (unpaired) electrons. The highest BCUT2D eigenvalue weighted by Crippen LogP contribution is 2.31. The van der Waals surface area contributed by atoms with E-state index in [9.17, 15) is 9.59 Å². The minimum atomic E-state index is -0.350. The Labute approximate surface area is 153 Å². The second-order valence-corrected chi connectivity index (χ2v) is 6.35. The first kappa shape index (κ1) is 17.9. The van der Waals surface area contributed by atoms with Gasteiger partial charge in [0.2, 0.25) is 5.91 Å². The van der Waals surface area contributed by atoms with Gasteiger partial charge in [-0.3, -0.25) is 9.69 Å². The Balaban J connectivity index is 1.66. The van der Waals surface area contributed by atoms with Gasteiger partial charge in [0, 0.05) is 31.2 Å². The molecule has 1 unspecified atom stereocenters. The average Bonchev–Trinajstić information content (AvgIpc) is 3.06. The molecule has 0 aliphatic carbocycles. The quantitative estimate of drug-likeness (QED) is 0.773. The summed E-state index contributed by atoms with van der Waals surface area (Å²) in [4.78, 5) is 26.2. The number of hydrogen-bond donors (Lipinski definition) is 3. The van der Waals surface area contributed by atoms with Crippen molar-refractivity contribution in [1.82, 2.24) is 5.32 Å². The van der Waals surface area contributed by atoms with Crippen LogP contribution in [-0.2, 0) is 11.2 Å². The van der Waals surface area contributed by atoms with Crippen molar-refractivity contribution < 1.29 is 9.59 Å². The van der Waals surface area contributed by atoms with Gasteiger partial charge in [-0.15, -0.1) is 0 Å². The summed E-state index contributed by atoms with van der Waals surface area (Å²) in [6.45, 7) is 3.12. The Morgan fingerprint density at radius 1 is 1.19 bits per heavy atom. The molecule has 2 aromatic rings. The number of benzene rings is 2. The van der Waals surface area contributed by atoms with E-state index in [2.05, 4.69) is 10.6 Å². The van der Waals surface area contributed by atoms with Crippen LogP contribution in [0.5, 0.6) is 0 Å². The zero-order chi connectivity index (χ0) is 18.5. The smallest absolute Gasteiger partial charge is 0.321 e. The van der Waals surface area contributed by atoms with Gasteiger partial charge in [0.05, 0.1) is 5.69 Å². The number of carbonyl (C=O) groups excluding carboxylic acids is 2. The molecule has 3 rings (SSSR count). The molecular weight excluding hydrogens is 328 g/mol. The van der Waals surface area contributed by atoms with E-state index in [4.69, 9.17) is 5.73 Å². The summed E-state index contributed by atoms with van der Waals surface area (Å²) in [7, 11) is 0. The summed E-state index contributed by atoms with van der Waals surface area (Å²) in [5.41, 5.74) is 9.67. The second-order valence-electron chi connectivity index (χ2n) is 6.35. The summed E-state index contributed by atoms with van der Waals surface area (Å²) >= 11 is 0. The largest absolute Gasteiger partial charge is 0.338 e. The number of anilines is 2. The monoisotopic (exact) mass is 352 g/mol. The highest BCUT2D eigenvalue weighted by molar-refractivity contribution is 5.96. The Bertz CT molecular complexity index is 792. The van der Waals surface area contributed by atoms with Crippen LogP contribution in [0.3, 0.4) is 0 Å². The highest BCUT2D eigenvalue weighted by atomic mass is 16.2. The molecule has 0 bridgehead atoms. The number of nitrogens with zero attached hydrogens (tertiary/aromatic N) is 1. The van der Waals surface area contributed by atoms with Gasteiger partial charge < -0.3 is 16.4 Å². The Hall–Kier alpha value is -2.86. The van der Waals surface area contributed by atoms with Crippen LogP contribution in [0, 0.1) is 0 Å². The van der Waals surface area contributed by atoms with E-state index in [0.29, 0.717) is 18.8 Å². The molecule has 1 aliphatic heterocycles. The predicted molar refractivity (Wildman–Crippen MR) is 103 cm³/mol. The van der Waals surface area contributed by atoms with Gasteiger partial charge in [-0.2, -0.15) is 0 Å². The van der Waals surface area contributed by atoms with Crippen LogP contribution < -0.4 is 21.3 Å². The molecule has 1 aliphatic rings. The maximum Gasteiger partial charge on any atom is 0.321 e. The van der Waals surface area contributed by atoms with Crippen LogP contribution in [0.1, 0.15) is 30.5 Å². The van der Waals surface area contributed by atoms with E-state index in [1.54, 1.807) is 4.90 Å². The molecule has 2 aromatic carbocycles. The van der Waals surface area contributed by atoms with Crippen molar-refractivity contribution >= 4 is 23.3 Å². The van der Waals surface area contributed by atoms with Crippen LogP contribution in [0.25, 0.3) is 0 Å². The third kappa shape index (κ3) is 4.03.